The molecule has 0 aromatic carbocycles. The van der Waals surface area contributed by atoms with E-state index in [1.54, 1.807) is 16.8 Å². The lowest BCUT2D eigenvalue weighted by Crippen LogP contribution is -2.52. The minimum absolute atomic E-state index is 0.0181. The first-order valence-corrected chi connectivity index (χ1v) is 8.42. The summed E-state index contributed by atoms with van der Waals surface area (Å²) in [4.78, 5) is 26.5. The molecule has 7 nitrogen and oxygen atoms in total. The SMILES string of the molecule is CC(C)C[C@@H]1C[C@H]1NC(=O)N1CCOC(CN(C)CC(=O)O)C1. The zero-order valence-electron chi connectivity index (χ0n) is 14.3. The van der Waals surface area contributed by atoms with E-state index in [0.29, 0.717) is 44.1 Å². The van der Waals surface area contributed by atoms with E-state index >= 15 is 0 Å². The van der Waals surface area contributed by atoms with Crippen molar-refractivity contribution in [1.29, 1.82) is 0 Å². The molecule has 1 saturated heterocycles. The average Bonchev–Trinajstić information content (AvgIpc) is 3.14. The number of nitrogens with one attached hydrogen (secondary N) is 1. The van der Waals surface area contributed by atoms with Crippen molar-refractivity contribution in [2.75, 3.05) is 39.8 Å². The van der Waals surface area contributed by atoms with E-state index < -0.39 is 5.97 Å². The van der Waals surface area contributed by atoms with E-state index in [4.69, 9.17) is 9.84 Å². The van der Waals surface area contributed by atoms with Crippen LogP contribution in [-0.2, 0) is 9.53 Å². The molecule has 1 aliphatic heterocycles. The number of aliphatic carboxylic acids is 1. The number of morpholine rings is 1. The van der Waals surface area contributed by atoms with Crippen LogP contribution in [0.5, 0.6) is 0 Å². The van der Waals surface area contributed by atoms with Crippen molar-refractivity contribution in [2.24, 2.45) is 11.8 Å². The molecule has 23 heavy (non-hydrogen) atoms. The molecule has 3 atom stereocenters. The van der Waals surface area contributed by atoms with E-state index in [0.717, 1.165) is 12.8 Å². The molecule has 1 saturated carbocycles. The molecule has 2 fully saturated rings. The van der Waals surface area contributed by atoms with Gasteiger partial charge in [0, 0.05) is 25.7 Å². The molecule has 7 heteroatoms. The Kier molecular flexibility index (Phi) is 6.24. The van der Waals surface area contributed by atoms with Crippen LogP contribution in [-0.4, -0.2) is 78.9 Å². The van der Waals surface area contributed by atoms with Crippen LogP contribution in [0.2, 0.25) is 0 Å². The number of hydrogen-bond acceptors (Lipinski definition) is 4. The molecule has 2 N–H and O–H groups in total. The molecule has 2 amide bonds. The van der Waals surface area contributed by atoms with Gasteiger partial charge in [0.2, 0.25) is 0 Å². The van der Waals surface area contributed by atoms with E-state index in [1.165, 1.54) is 0 Å². The van der Waals surface area contributed by atoms with Gasteiger partial charge in [-0.3, -0.25) is 9.69 Å². The number of likely N-dealkylation sites (N-methyl/N-ethyl adjacent to an activating group) is 1. The number of urea groups is 1. The summed E-state index contributed by atoms with van der Waals surface area (Å²) in [5.74, 6) is 0.430. The van der Waals surface area contributed by atoms with Gasteiger partial charge < -0.3 is 20.1 Å². The van der Waals surface area contributed by atoms with Crippen LogP contribution in [0.25, 0.3) is 0 Å². The van der Waals surface area contributed by atoms with Crippen molar-refractivity contribution in [3.8, 4) is 0 Å². The maximum Gasteiger partial charge on any atom is 0.317 e. The lowest BCUT2D eigenvalue weighted by molar-refractivity contribution is -0.138. The third-order valence-electron chi connectivity index (χ3n) is 4.35. The van der Waals surface area contributed by atoms with E-state index in [1.807, 2.05) is 0 Å². The van der Waals surface area contributed by atoms with Crippen molar-refractivity contribution in [3.63, 3.8) is 0 Å². The van der Waals surface area contributed by atoms with E-state index in [9.17, 15) is 9.59 Å². The van der Waals surface area contributed by atoms with Crippen molar-refractivity contribution in [2.45, 2.75) is 38.8 Å². The summed E-state index contributed by atoms with van der Waals surface area (Å²) in [5, 5.41) is 11.9. The highest BCUT2D eigenvalue weighted by molar-refractivity contribution is 5.75. The Morgan fingerprint density at radius 2 is 2.17 bits per heavy atom. The third-order valence-corrected chi connectivity index (χ3v) is 4.35. The Labute approximate surface area is 138 Å². The highest BCUT2D eigenvalue weighted by atomic mass is 16.5. The summed E-state index contributed by atoms with van der Waals surface area (Å²) >= 11 is 0. The number of carboxylic acids is 1. The first-order valence-electron chi connectivity index (χ1n) is 8.42. The van der Waals surface area contributed by atoms with Crippen LogP contribution < -0.4 is 5.32 Å². The topological polar surface area (TPSA) is 82.1 Å². The van der Waals surface area contributed by atoms with Gasteiger partial charge in [-0.2, -0.15) is 0 Å². The van der Waals surface area contributed by atoms with Gasteiger partial charge >= 0.3 is 12.0 Å². The summed E-state index contributed by atoms with van der Waals surface area (Å²) in [6, 6.07) is 0.302. The zero-order valence-corrected chi connectivity index (χ0v) is 14.3. The predicted octanol–water partition coefficient (Wildman–Crippen LogP) is 0.848. The molecular weight excluding hydrogens is 298 g/mol. The van der Waals surface area contributed by atoms with Gasteiger partial charge in [-0.25, -0.2) is 4.79 Å². The number of nitrogens with zero attached hydrogens (tertiary/aromatic N) is 2. The second-order valence-electron chi connectivity index (χ2n) is 7.21. The normalized spacial score (nSPS) is 27.3. The van der Waals surface area contributed by atoms with Crippen molar-refractivity contribution < 1.29 is 19.4 Å². The Morgan fingerprint density at radius 1 is 1.43 bits per heavy atom. The van der Waals surface area contributed by atoms with E-state index in [2.05, 4.69) is 19.2 Å². The Bertz CT molecular complexity index is 430. The van der Waals surface area contributed by atoms with Crippen LogP contribution in [0.1, 0.15) is 26.7 Å². The molecule has 1 aliphatic carbocycles. The second-order valence-corrected chi connectivity index (χ2v) is 7.21. The molecule has 0 aromatic heterocycles. The van der Waals surface area contributed by atoms with Crippen molar-refractivity contribution in [3.05, 3.63) is 0 Å². The number of carbonyl (C=O) groups excluding carboxylic acids is 1. The maximum absolute atomic E-state index is 12.3. The minimum atomic E-state index is -0.858. The second kappa shape index (κ2) is 7.97. The fraction of sp³-hybridized carbons (Fsp3) is 0.875. The monoisotopic (exact) mass is 327 g/mol. The van der Waals surface area contributed by atoms with Crippen LogP contribution in [0, 0.1) is 11.8 Å². The van der Waals surface area contributed by atoms with Gasteiger partial charge in [-0.15, -0.1) is 0 Å². The predicted molar refractivity (Wildman–Crippen MR) is 86.3 cm³/mol. The van der Waals surface area contributed by atoms with Gasteiger partial charge in [0.05, 0.1) is 19.3 Å². The fourth-order valence-corrected chi connectivity index (χ4v) is 3.20. The number of amides is 2. The van der Waals surface area contributed by atoms with Gasteiger partial charge in [0.25, 0.3) is 0 Å². The molecule has 2 rings (SSSR count). The summed E-state index contributed by atoms with van der Waals surface area (Å²) in [6.45, 7) is 6.50. The van der Waals surface area contributed by atoms with Crippen molar-refractivity contribution in [1.82, 2.24) is 15.1 Å². The summed E-state index contributed by atoms with van der Waals surface area (Å²) < 4.78 is 5.65. The van der Waals surface area contributed by atoms with Crippen LogP contribution in [0.15, 0.2) is 0 Å². The lowest BCUT2D eigenvalue weighted by atomic mass is 10.1. The number of ether oxygens (including phenoxy) is 1. The van der Waals surface area contributed by atoms with Crippen molar-refractivity contribution >= 4 is 12.0 Å². The Hall–Kier alpha value is -1.34. The van der Waals surface area contributed by atoms with Gasteiger partial charge in [0.15, 0.2) is 0 Å². The first kappa shape index (κ1) is 18.0. The summed E-state index contributed by atoms with van der Waals surface area (Å²) in [5.41, 5.74) is 0. The first-order chi connectivity index (χ1) is 10.8. The molecule has 132 valence electrons. The number of hydrogen-bond donors (Lipinski definition) is 2. The largest absolute Gasteiger partial charge is 0.480 e. The van der Waals surface area contributed by atoms with Gasteiger partial charge in [-0.05, 0) is 31.7 Å². The summed E-state index contributed by atoms with van der Waals surface area (Å²) in [6.07, 6.45) is 2.11. The zero-order chi connectivity index (χ0) is 17.0. The number of rotatable bonds is 7. The Balaban J connectivity index is 1.73. The lowest BCUT2D eigenvalue weighted by Gasteiger charge is -2.34. The molecule has 1 unspecified atom stereocenters. The third kappa shape index (κ3) is 5.99. The number of carboxylic acid groups (broad SMARTS) is 1. The maximum atomic E-state index is 12.3. The fourth-order valence-electron chi connectivity index (χ4n) is 3.20. The molecule has 0 radical (unpaired) electrons. The molecule has 0 aromatic rings. The van der Waals surface area contributed by atoms with Crippen LogP contribution in [0.4, 0.5) is 4.79 Å². The Morgan fingerprint density at radius 3 is 2.83 bits per heavy atom. The molecule has 0 spiro atoms. The molecule has 2 aliphatic rings. The van der Waals surface area contributed by atoms with Gasteiger partial charge in [0.1, 0.15) is 0 Å². The van der Waals surface area contributed by atoms with Crippen LogP contribution in [0.3, 0.4) is 0 Å². The number of carbonyl (C=O) groups is 2. The van der Waals surface area contributed by atoms with Gasteiger partial charge in [-0.1, -0.05) is 13.8 Å². The summed E-state index contributed by atoms with van der Waals surface area (Å²) in [7, 11) is 1.75. The molecule has 0 bridgehead atoms. The standard InChI is InChI=1S/C16H29N3O4/c1-11(2)6-12-7-14(12)17-16(22)19-4-5-23-13(9-19)8-18(3)10-15(20)21/h11-14H,4-10H2,1-3H3,(H,17,22)(H,20,21)/t12-,13?,14-/m1/s1. The van der Waals surface area contributed by atoms with E-state index in [-0.39, 0.29) is 18.7 Å². The van der Waals surface area contributed by atoms with Crippen LogP contribution >= 0.6 is 0 Å². The quantitative estimate of drug-likeness (QED) is 0.724. The molecular formula is C16H29N3O4. The highest BCUT2D eigenvalue weighted by Gasteiger charge is 2.39. The average molecular weight is 327 g/mol. The smallest absolute Gasteiger partial charge is 0.317 e. The highest BCUT2D eigenvalue weighted by Crippen LogP contribution is 2.36. The molecule has 1 heterocycles. The minimum Gasteiger partial charge on any atom is -0.480 e.